The Morgan fingerprint density at radius 3 is 2.71 bits per heavy atom. The van der Waals surface area contributed by atoms with Crippen LogP contribution in [-0.2, 0) is 0 Å². The van der Waals surface area contributed by atoms with E-state index in [0.717, 1.165) is 32.5 Å². The summed E-state index contributed by atoms with van der Waals surface area (Å²) in [7, 11) is 5.46. The van der Waals surface area contributed by atoms with Crippen LogP contribution in [0.15, 0.2) is 18.2 Å². The zero-order valence-corrected chi connectivity index (χ0v) is 13.0. The molecule has 116 valence electrons. The van der Waals surface area contributed by atoms with E-state index in [2.05, 4.69) is 11.9 Å². The number of aromatic hydroxyl groups is 1. The third-order valence-corrected chi connectivity index (χ3v) is 4.15. The van der Waals surface area contributed by atoms with Crippen molar-refractivity contribution in [2.24, 2.45) is 5.92 Å². The van der Waals surface area contributed by atoms with Crippen molar-refractivity contribution in [2.45, 2.75) is 12.8 Å². The molecule has 1 fully saturated rings. The first-order chi connectivity index (χ1) is 10.0. The lowest BCUT2D eigenvalue weighted by Crippen LogP contribution is -2.38. The predicted molar refractivity (Wildman–Crippen MR) is 81.8 cm³/mol. The molecule has 1 N–H and O–H groups in total. The molecule has 0 radical (unpaired) electrons. The van der Waals surface area contributed by atoms with Gasteiger partial charge < -0.3 is 19.6 Å². The van der Waals surface area contributed by atoms with Gasteiger partial charge in [0.05, 0.1) is 12.7 Å². The molecule has 1 heterocycles. The summed E-state index contributed by atoms with van der Waals surface area (Å²) in [5.41, 5.74) is 0.296. The molecule has 1 amide bonds. The van der Waals surface area contributed by atoms with Gasteiger partial charge in [-0.25, -0.2) is 0 Å². The summed E-state index contributed by atoms with van der Waals surface area (Å²) in [5, 5.41) is 9.88. The van der Waals surface area contributed by atoms with Crippen LogP contribution in [0, 0.1) is 5.92 Å². The van der Waals surface area contributed by atoms with Crippen molar-refractivity contribution in [3.8, 4) is 11.5 Å². The summed E-state index contributed by atoms with van der Waals surface area (Å²) < 4.78 is 5.11. The number of hydrogen-bond acceptors (Lipinski definition) is 4. The van der Waals surface area contributed by atoms with Crippen molar-refractivity contribution >= 4 is 5.91 Å². The molecule has 1 aromatic carbocycles. The highest BCUT2D eigenvalue weighted by molar-refractivity contribution is 5.97. The summed E-state index contributed by atoms with van der Waals surface area (Å²) >= 11 is 0. The van der Waals surface area contributed by atoms with Gasteiger partial charge in [0.15, 0.2) is 0 Å². The number of likely N-dealkylation sites (tertiary alicyclic amines) is 1. The first-order valence-corrected chi connectivity index (χ1v) is 7.32. The highest BCUT2D eigenvalue weighted by atomic mass is 16.5. The van der Waals surface area contributed by atoms with E-state index in [1.54, 1.807) is 31.2 Å². The first kappa shape index (κ1) is 15.6. The molecule has 1 aliphatic rings. The second kappa shape index (κ2) is 6.80. The molecule has 0 spiro atoms. The predicted octanol–water partition coefficient (Wildman–Crippen LogP) is 1.81. The fraction of sp³-hybridized carbons (Fsp3) is 0.562. The van der Waals surface area contributed by atoms with E-state index in [1.807, 2.05) is 0 Å². The number of piperidine rings is 1. The van der Waals surface area contributed by atoms with E-state index in [1.165, 1.54) is 6.07 Å². The van der Waals surface area contributed by atoms with Gasteiger partial charge in [-0.1, -0.05) is 0 Å². The van der Waals surface area contributed by atoms with E-state index < -0.39 is 0 Å². The standard InChI is InChI=1S/C16H24N2O3/c1-17-8-6-12(7-9-17)11-18(2)16(20)14-10-13(21-3)4-5-15(14)19/h4-5,10,12,19H,6-9,11H2,1-3H3. The van der Waals surface area contributed by atoms with Gasteiger partial charge in [0.25, 0.3) is 5.91 Å². The molecule has 21 heavy (non-hydrogen) atoms. The van der Waals surface area contributed by atoms with E-state index in [9.17, 15) is 9.90 Å². The van der Waals surface area contributed by atoms with Crippen molar-refractivity contribution in [1.82, 2.24) is 9.80 Å². The second-order valence-electron chi connectivity index (χ2n) is 5.82. The van der Waals surface area contributed by atoms with Gasteiger partial charge >= 0.3 is 0 Å². The Morgan fingerprint density at radius 2 is 2.10 bits per heavy atom. The summed E-state index contributed by atoms with van der Waals surface area (Å²) in [5.74, 6) is 0.938. The van der Waals surface area contributed by atoms with E-state index in [0.29, 0.717) is 17.2 Å². The normalized spacial score (nSPS) is 16.7. The molecule has 0 bridgehead atoms. The lowest BCUT2D eigenvalue weighted by atomic mass is 9.96. The van der Waals surface area contributed by atoms with Gasteiger partial charge in [0.1, 0.15) is 11.5 Å². The largest absolute Gasteiger partial charge is 0.507 e. The van der Waals surface area contributed by atoms with E-state index in [-0.39, 0.29) is 11.7 Å². The van der Waals surface area contributed by atoms with Crippen LogP contribution >= 0.6 is 0 Å². The lowest BCUT2D eigenvalue weighted by molar-refractivity contribution is 0.0744. The van der Waals surface area contributed by atoms with Crippen molar-refractivity contribution in [2.75, 3.05) is 40.8 Å². The molecule has 0 aromatic heterocycles. The smallest absolute Gasteiger partial charge is 0.257 e. The third kappa shape index (κ3) is 3.88. The van der Waals surface area contributed by atoms with Gasteiger partial charge in [-0.3, -0.25) is 4.79 Å². The Labute approximate surface area is 126 Å². The molecule has 1 aliphatic heterocycles. The fourth-order valence-electron chi connectivity index (χ4n) is 2.73. The van der Waals surface area contributed by atoms with E-state index >= 15 is 0 Å². The van der Waals surface area contributed by atoms with Gasteiger partial charge in [0, 0.05) is 13.6 Å². The van der Waals surface area contributed by atoms with Crippen LogP contribution in [0.1, 0.15) is 23.2 Å². The Balaban J connectivity index is 2.02. The van der Waals surface area contributed by atoms with Crippen LogP contribution in [-0.4, -0.2) is 61.7 Å². The summed E-state index contributed by atoms with van der Waals surface area (Å²) in [4.78, 5) is 16.5. The fourth-order valence-corrected chi connectivity index (χ4v) is 2.73. The maximum atomic E-state index is 12.5. The van der Waals surface area contributed by atoms with Crippen LogP contribution in [0.25, 0.3) is 0 Å². The average Bonchev–Trinajstić information content (AvgIpc) is 2.49. The molecule has 2 rings (SSSR count). The zero-order chi connectivity index (χ0) is 15.4. The van der Waals surface area contributed by atoms with Gasteiger partial charge in [-0.15, -0.1) is 0 Å². The number of hydrogen-bond donors (Lipinski definition) is 1. The highest BCUT2D eigenvalue weighted by Crippen LogP contribution is 2.25. The number of phenols is 1. The Kier molecular flexibility index (Phi) is 5.07. The Bertz CT molecular complexity index is 496. The molecule has 5 nitrogen and oxygen atoms in total. The summed E-state index contributed by atoms with van der Waals surface area (Å²) in [6.45, 7) is 2.89. The van der Waals surface area contributed by atoms with Crippen LogP contribution in [0.5, 0.6) is 11.5 Å². The van der Waals surface area contributed by atoms with Crippen LogP contribution < -0.4 is 4.74 Å². The van der Waals surface area contributed by atoms with E-state index in [4.69, 9.17) is 4.74 Å². The molecular formula is C16H24N2O3. The zero-order valence-electron chi connectivity index (χ0n) is 13.0. The first-order valence-electron chi connectivity index (χ1n) is 7.32. The molecule has 0 aliphatic carbocycles. The second-order valence-corrected chi connectivity index (χ2v) is 5.82. The van der Waals surface area contributed by atoms with Crippen molar-refractivity contribution in [3.63, 3.8) is 0 Å². The molecule has 0 unspecified atom stereocenters. The number of carbonyl (C=O) groups excluding carboxylic acids is 1. The summed E-state index contributed by atoms with van der Waals surface area (Å²) in [6, 6.07) is 4.72. The quantitative estimate of drug-likeness (QED) is 0.919. The van der Waals surface area contributed by atoms with Crippen LogP contribution in [0.4, 0.5) is 0 Å². The minimum Gasteiger partial charge on any atom is -0.507 e. The third-order valence-electron chi connectivity index (χ3n) is 4.15. The number of benzene rings is 1. The number of carbonyl (C=O) groups is 1. The van der Waals surface area contributed by atoms with Crippen molar-refractivity contribution < 1.29 is 14.6 Å². The maximum absolute atomic E-state index is 12.5. The van der Waals surface area contributed by atoms with Crippen LogP contribution in [0.2, 0.25) is 0 Å². The van der Waals surface area contributed by atoms with Crippen molar-refractivity contribution in [1.29, 1.82) is 0 Å². The Morgan fingerprint density at radius 1 is 1.43 bits per heavy atom. The molecule has 1 aromatic rings. The number of amides is 1. The number of phenolic OH excluding ortho intramolecular Hbond substituents is 1. The average molecular weight is 292 g/mol. The molecule has 5 heteroatoms. The van der Waals surface area contributed by atoms with Gasteiger partial charge in [-0.05, 0) is 57.1 Å². The number of nitrogens with zero attached hydrogens (tertiary/aromatic N) is 2. The monoisotopic (exact) mass is 292 g/mol. The topological polar surface area (TPSA) is 53.0 Å². The summed E-state index contributed by atoms with van der Waals surface area (Å²) in [6.07, 6.45) is 2.22. The SMILES string of the molecule is COc1ccc(O)c(C(=O)N(C)CC2CCN(C)CC2)c1. The Hall–Kier alpha value is -1.75. The lowest BCUT2D eigenvalue weighted by Gasteiger charge is -2.31. The minimum atomic E-state index is -0.162. The maximum Gasteiger partial charge on any atom is 0.257 e. The number of ether oxygens (including phenoxy) is 1. The highest BCUT2D eigenvalue weighted by Gasteiger charge is 2.22. The minimum absolute atomic E-state index is 0.00368. The number of rotatable bonds is 4. The van der Waals surface area contributed by atoms with Gasteiger partial charge in [-0.2, -0.15) is 0 Å². The van der Waals surface area contributed by atoms with Crippen LogP contribution in [0.3, 0.4) is 0 Å². The molecule has 1 saturated heterocycles. The van der Waals surface area contributed by atoms with Crippen molar-refractivity contribution in [3.05, 3.63) is 23.8 Å². The molecule has 0 saturated carbocycles. The van der Waals surface area contributed by atoms with Gasteiger partial charge in [0.2, 0.25) is 0 Å². The molecular weight excluding hydrogens is 268 g/mol. The molecule has 0 atom stereocenters. The number of methoxy groups -OCH3 is 1.